The van der Waals surface area contributed by atoms with Crippen molar-refractivity contribution >= 4 is 28.5 Å². The van der Waals surface area contributed by atoms with Crippen LogP contribution >= 0.6 is 22.9 Å². The van der Waals surface area contributed by atoms with Crippen LogP contribution in [0, 0.1) is 6.92 Å². The standard InChI is InChI=1S/C25H22IN7/c1-16-5-4-8-20(29-16)25-24(18-10-12-23-27-15-28-33(23)13-18)30-22(31-25)14-32(26)21-11-9-17-6-2-3-7-19(17)21/h2-8,10,12-13,15,21H,9,11,14H2,1H3,(H,30,31). The molecule has 6 rings (SSSR count). The van der Waals surface area contributed by atoms with Gasteiger partial charge in [0.05, 0.1) is 17.9 Å². The van der Waals surface area contributed by atoms with Crippen LogP contribution in [0.3, 0.4) is 0 Å². The molecule has 1 unspecified atom stereocenters. The van der Waals surface area contributed by atoms with Crippen molar-refractivity contribution in [1.82, 2.24) is 32.7 Å². The number of aromatic nitrogens is 6. The molecule has 4 aromatic heterocycles. The minimum Gasteiger partial charge on any atom is -0.340 e. The Balaban J connectivity index is 1.39. The summed E-state index contributed by atoms with van der Waals surface area (Å²) in [6.07, 6.45) is 5.80. The van der Waals surface area contributed by atoms with Gasteiger partial charge in [0.25, 0.3) is 0 Å². The maximum Gasteiger partial charge on any atom is 0.155 e. The molecule has 0 amide bonds. The zero-order valence-electron chi connectivity index (χ0n) is 18.1. The number of aromatic amines is 1. The SMILES string of the molecule is Cc1cccc(-c2nc(CN(I)C3CCc4ccccc43)[nH]c2-c2ccc3ncnn3c2)n1. The summed E-state index contributed by atoms with van der Waals surface area (Å²) in [6, 6.07) is 19.2. The molecule has 0 saturated carbocycles. The third kappa shape index (κ3) is 3.83. The van der Waals surface area contributed by atoms with Crippen molar-refractivity contribution in [2.75, 3.05) is 0 Å². The Labute approximate surface area is 205 Å². The summed E-state index contributed by atoms with van der Waals surface area (Å²) in [6.45, 7) is 2.71. The van der Waals surface area contributed by atoms with Crippen LogP contribution in [-0.4, -0.2) is 32.7 Å². The quantitative estimate of drug-likeness (QED) is 0.238. The molecule has 1 atom stereocenters. The highest BCUT2D eigenvalue weighted by molar-refractivity contribution is 14.1. The molecule has 0 fully saturated rings. The Bertz CT molecular complexity index is 1450. The summed E-state index contributed by atoms with van der Waals surface area (Å²) in [5.74, 6) is 0.917. The fourth-order valence-corrected chi connectivity index (χ4v) is 5.51. The summed E-state index contributed by atoms with van der Waals surface area (Å²) in [5, 5.41) is 4.30. The number of nitrogens with one attached hydrogen (secondary N) is 1. The predicted octanol–water partition coefficient (Wildman–Crippen LogP) is 5.33. The van der Waals surface area contributed by atoms with Crippen molar-refractivity contribution in [2.24, 2.45) is 0 Å². The summed E-state index contributed by atoms with van der Waals surface area (Å²) < 4.78 is 4.14. The number of hydrogen-bond acceptors (Lipinski definition) is 5. The van der Waals surface area contributed by atoms with Crippen LogP contribution in [0.5, 0.6) is 0 Å². The molecular formula is C25H22IN7. The van der Waals surface area contributed by atoms with E-state index in [1.807, 2.05) is 37.4 Å². The number of rotatable bonds is 5. The van der Waals surface area contributed by atoms with Crippen molar-refractivity contribution in [1.29, 1.82) is 0 Å². The first kappa shape index (κ1) is 20.5. The molecule has 4 heterocycles. The summed E-state index contributed by atoms with van der Waals surface area (Å²) in [5.41, 5.74) is 8.31. The third-order valence-corrected chi connectivity index (χ3v) is 7.20. The normalized spacial score (nSPS) is 15.4. The van der Waals surface area contributed by atoms with Gasteiger partial charge in [-0.15, -0.1) is 0 Å². The van der Waals surface area contributed by atoms with E-state index in [9.17, 15) is 0 Å². The summed E-state index contributed by atoms with van der Waals surface area (Å²) in [7, 11) is 0. The number of H-pyrrole nitrogens is 1. The number of fused-ring (bicyclic) bond motifs is 2. The van der Waals surface area contributed by atoms with E-state index in [4.69, 9.17) is 9.97 Å². The number of benzene rings is 1. The number of nitrogens with zero attached hydrogens (tertiary/aromatic N) is 6. The van der Waals surface area contributed by atoms with Gasteiger partial charge in [-0.2, -0.15) is 5.10 Å². The first-order valence-electron chi connectivity index (χ1n) is 11.0. The smallest absolute Gasteiger partial charge is 0.155 e. The molecule has 0 saturated heterocycles. The molecule has 1 N–H and O–H groups in total. The molecule has 0 spiro atoms. The van der Waals surface area contributed by atoms with Crippen LogP contribution < -0.4 is 0 Å². The predicted molar refractivity (Wildman–Crippen MR) is 136 cm³/mol. The summed E-state index contributed by atoms with van der Waals surface area (Å²) >= 11 is 2.45. The van der Waals surface area contributed by atoms with Crippen LogP contribution in [0.15, 0.2) is 67.1 Å². The molecule has 0 bridgehead atoms. The van der Waals surface area contributed by atoms with Crippen LogP contribution in [0.2, 0.25) is 0 Å². The van der Waals surface area contributed by atoms with Crippen molar-refractivity contribution in [2.45, 2.75) is 32.4 Å². The van der Waals surface area contributed by atoms with Crippen molar-refractivity contribution < 1.29 is 0 Å². The Morgan fingerprint density at radius 2 is 2.00 bits per heavy atom. The second kappa shape index (κ2) is 8.35. The molecule has 164 valence electrons. The molecule has 0 aliphatic heterocycles. The van der Waals surface area contributed by atoms with Gasteiger partial charge in [-0.25, -0.2) is 17.6 Å². The zero-order chi connectivity index (χ0) is 22.4. The van der Waals surface area contributed by atoms with Gasteiger partial charge in [-0.1, -0.05) is 30.3 Å². The lowest BCUT2D eigenvalue weighted by Crippen LogP contribution is -2.17. The highest BCUT2D eigenvalue weighted by Gasteiger charge is 2.27. The zero-order valence-corrected chi connectivity index (χ0v) is 20.3. The monoisotopic (exact) mass is 547 g/mol. The van der Waals surface area contributed by atoms with E-state index in [0.717, 1.165) is 52.7 Å². The molecular weight excluding hydrogens is 525 g/mol. The maximum absolute atomic E-state index is 5.02. The van der Waals surface area contributed by atoms with Gasteiger partial charge < -0.3 is 4.98 Å². The molecule has 1 aliphatic rings. The molecule has 1 aliphatic carbocycles. The van der Waals surface area contributed by atoms with Crippen LogP contribution in [0.4, 0.5) is 0 Å². The van der Waals surface area contributed by atoms with E-state index < -0.39 is 0 Å². The van der Waals surface area contributed by atoms with E-state index in [2.05, 4.69) is 71.4 Å². The topological polar surface area (TPSA) is 75.0 Å². The van der Waals surface area contributed by atoms with E-state index in [1.165, 1.54) is 11.1 Å². The van der Waals surface area contributed by atoms with Gasteiger partial charge in [0.1, 0.15) is 17.8 Å². The first-order valence-corrected chi connectivity index (χ1v) is 11.9. The number of aryl methyl sites for hydroxylation is 2. The van der Waals surface area contributed by atoms with Gasteiger partial charge in [-0.3, -0.25) is 4.98 Å². The van der Waals surface area contributed by atoms with Gasteiger partial charge in [-0.05, 0) is 55.2 Å². The Morgan fingerprint density at radius 3 is 2.91 bits per heavy atom. The number of pyridine rings is 2. The maximum atomic E-state index is 5.02. The van der Waals surface area contributed by atoms with Gasteiger partial charge in [0.2, 0.25) is 0 Å². The van der Waals surface area contributed by atoms with Crippen molar-refractivity contribution in [3.63, 3.8) is 0 Å². The lowest BCUT2D eigenvalue weighted by atomic mass is 10.1. The summed E-state index contributed by atoms with van der Waals surface area (Å²) in [4.78, 5) is 17.6. The van der Waals surface area contributed by atoms with Gasteiger partial charge in [0.15, 0.2) is 5.65 Å². The average molecular weight is 547 g/mol. The fourth-order valence-electron chi connectivity index (χ4n) is 4.61. The van der Waals surface area contributed by atoms with E-state index in [1.54, 1.807) is 10.8 Å². The third-order valence-electron chi connectivity index (χ3n) is 6.19. The van der Waals surface area contributed by atoms with Crippen molar-refractivity contribution in [3.05, 3.63) is 89.8 Å². The molecule has 7 nitrogen and oxygen atoms in total. The van der Waals surface area contributed by atoms with E-state index in [-0.39, 0.29) is 0 Å². The van der Waals surface area contributed by atoms with Crippen LogP contribution in [-0.2, 0) is 13.0 Å². The molecule has 0 radical (unpaired) electrons. The minimum atomic E-state index is 0.391. The Kier molecular flexibility index (Phi) is 5.18. The van der Waals surface area contributed by atoms with E-state index >= 15 is 0 Å². The Hall–Kier alpha value is -3.11. The lowest BCUT2D eigenvalue weighted by molar-refractivity contribution is 0.376. The Morgan fingerprint density at radius 1 is 1.09 bits per heavy atom. The molecule has 1 aromatic carbocycles. The van der Waals surface area contributed by atoms with E-state index in [0.29, 0.717) is 12.6 Å². The highest BCUT2D eigenvalue weighted by atomic mass is 127. The van der Waals surface area contributed by atoms with Gasteiger partial charge >= 0.3 is 0 Å². The highest BCUT2D eigenvalue weighted by Crippen LogP contribution is 2.38. The second-order valence-electron chi connectivity index (χ2n) is 8.36. The van der Waals surface area contributed by atoms with Gasteiger partial charge in [0, 0.05) is 46.4 Å². The first-order chi connectivity index (χ1) is 16.2. The minimum absolute atomic E-state index is 0.391. The number of halogens is 1. The largest absolute Gasteiger partial charge is 0.340 e. The fraction of sp³-hybridized carbons (Fsp3) is 0.200. The van der Waals surface area contributed by atoms with Crippen molar-refractivity contribution in [3.8, 4) is 22.6 Å². The van der Waals surface area contributed by atoms with Crippen LogP contribution in [0.25, 0.3) is 28.3 Å². The van der Waals surface area contributed by atoms with Crippen LogP contribution in [0.1, 0.15) is 35.1 Å². The molecule has 5 aromatic rings. The number of hydrogen-bond donors (Lipinski definition) is 1. The lowest BCUT2D eigenvalue weighted by Gasteiger charge is -2.21. The number of imidazole rings is 1. The second-order valence-corrected chi connectivity index (χ2v) is 9.60. The molecule has 33 heavy (non-hydrogen) atoms. The molecule has 8 heteroatoms. The average Bonchev–Trinajstić information content (AvgIpc) is 3.56.